The summed E-state index contributed by atoms with van der Waals surface area (Å²) in [4.78, 5) is 4.66. The Hall–Kier alpha value is -2.33. The maximum Gasteiger partial charge on any atom is 0.232 e. The van der Waals surface area contributed by atoms with Crippen LogP contribution < -0.4 is 4.90 Å². The highest BCUT2D eigenvalue weighted by atomic mass is 16.5. The van der Waals surface area contributed by atoms with Crippen LogP contribution in [-0.4, -0.2) is 60.7 Å². The number of nitrogens with zero attached hydrogens (tertiary/aromatic N) is 3. The van der Waals surface area contributed by atoms with Crippen molar-refractivity contribution in [2.45, 2.75) is 44.8 Å². The topological polar surface area (TPSA) is 62.0 Å². The molecular formula is C25H33N3O3. The number of terminal acetylenes is 1. The molecule has 6 nitrogen and oxygen atoms in total. The molecule has 1 aromatic heterocycles. The average Bonchev–Trinajstić information content (AvgIpc) is 3.52. The van der Waals surface area contributed by atoms with Crippen LogP contribution in [0.4, 0.5) is 5.88 Å². The second-order valence-corrected chi connectivity index (χ2v) is 8.74. The summed E-state index contributed by atoms with van der Waals surface area (Å²) in [5.41, 5.74) is 3.08. The molecule has 1 unspecified atom stereocenters. The number of aliphatic hydroxyl groups excluding tert-OH is 1. The summed E-state index contributed by atoms with van der Waals surface area (Å²) in [5.74, 6) is 4.04. The molecule has 0 radical (unpaired) electrons. The smallest absolute Gasteiger partial charge is 0.232 e. The predicted octanol–water partition coefficient (Wildman–Crippen LogP) is 3.55. The number of piperidine rings is 1. The fourth-order valence-electron chi connectivity index (χ4n) is 4.31. The number of hydrogen-bond donors (Lipinski definition) is 1. The van der Waals surface area contributed by atoms with Gasteiger partial charge in [0.05, 0.1) is 18.3 Å². The third kappa shape index (κ3) is 6.10. The van der Waals surface area contributed by atoms with E-state index in [4.69, 9.17) is 15.7 Å². The van der Waals surface area contributed by atoms with Crippen LogP contribution in [-0.2, 0) is 11.3 Å². The second-order valence-electron chi connectivity index (χ2n) is 8.74. The van der Waals surface area contributed by atoms with Crippen molar-refractivity contribution in [2.75, 3.05) is 44.3 Å². The van der Waals surface area contributed by atoms with Crippen LogP contribution >= 0.6 is 0 Å². The van der Waals surface area contributed by atoms with Gasteiger partial charge in [-0.1, -0.05) is 41.4 Å². The van der Waals surface area contributed by atoms with E-state index in [1.165, 1.54) is 32.1 Å². The zero-order chi connectivity index (χ0) is 21.5. The molecule has 2 fully saturated rings. The van der Waals surface area contributed by atoms with Crippen LogP contribution in [0.2, 0.25) is 0 Å². The first-order valence-electron chi connectivity index (χ1n) is 11.4. The van der Waals surface area contributed by atoms with Crippen LogP contribution in [0, 0.1) is 18.3 Å². The van der Waals surface area contributed by atoms with Crippen LogP contribution in [0.15, 0.2) is 34.9 Å². The van der Waals surface area contributed by atoms with E-state index in [2.05, 4.69) is 33.0 Å². The van der Waals surface area contributed by atoms with Crippen molar-refractivity contribution in [3.05, 3.63) is 35.9 Å². The second kappa shape index (κ2) is 10.8. The van der Waals surface area contributed by atoms with Crippen molar-refractivity contribution in [2.24, 2.45) is 5.92 Å². The molecule has 0 bridgehead atoms. The SMILES string of the molecule is C#CCOCC(O)CN(Cc1c(-c2ccccc2)noc1N1CCCCC1)CC1CC1. The molecular weight excluding hydrogens is 390 g/mol. The Kier molecular flexibility index (Phi) is 7.63. The summed E-state index contributed by atoms with van der Waals surface area (Å²) in [5, 5.41) is 15.0. The fourth-order valence-corrected chi connectivity index (χ4v) is 4.31. The van der Waals surface area contributed by atoms with E-state index in [1.54, 1.807) is 0 Å². The Morgan fingerprint density at radius 3 is 2.71 bits per heavy atom. The Bertz CT molecular complexity index is 851. The van der Waals surface area contributed by atoms with Gasteiger partial charge >= 0.3 is 0 Å². The van der Waals surface area contributed by atoms with E-state index >= 15 is 0 Å². The van der Waals surface area contributed by atoms with Gasteiger partial charge in [-0.15, -0.1) is 6.42 Å². The lowest BCUT2D eigenvalue weighted by Gasteiger charge is -2.29. The number of ether oxygens (including phenoxy) is 1. The van der Waals surface area contributed by atoms with Crippen LogP contribution in [0.25, 0.3) is 11.3 Å². The summed E-state index contributed by atoms with van der Waals surface area (Å²) in [6, 6.07) is 10.2. The molecule has 4 rings (SSSR count). The Labute approximate surface area is 185 Å². The third-order valence-corrected chi connectivity index (χ3v) is 6.02. The zero-order valence-corrected chi connectivity index (χ0v) is 18.2. The molecule has 1 aliphatic carbocycles. The van der Waals surface area contributed by atoms with Gasteiger partial charge in [-0.2, -0.15) is 0 Å². The summed E-state index contributed by atoms with van der Waals surface area (Å²) in [7, 11) is 0. The fraction of sp³-hybridized carbons (Fsp3) is 0.560. The van der Waals surface area contributed by atoms with Crippen molar-refractivity contribution >= 4 is 5.88 Å². The lowest BCUT2D eigenvalue weighted by Crippen LogP contribution is -2.37. The molecule has 2 aliphatic rings. The summed E-state index contributed by atoms with van der Waals surface area (Å²) in [6.45, 7) is 4.68. The number of anilines is 1. The molecule has 1 aromatic carbocycles. The molecule has 0 amide bonds. The molecule has 1 aliphatic heterocycles. The van der Waals surface area contributed by atoms with Gasteiger partial charge in [0.25, 0.3) is 0 Å². The molecule has 6 heteroatoms. The molecule has 0 spiro atoms. The Balaban J connectivity index is 1.56. The standard InChI is InChI=1S/C25H33N3O3/c1-2-15-30-19-22(29)17-27(16-20-11-12-20)18-23-24(21-9-5-3-6-10-21)26-31-25(23)28-13-7-4-8-14-28/h1,3,5-6,9-10,20,22,29H,4,7-8,11-19H2. The van der Waals surface area contributed by atoms with Crippen molar-refractivity contribution in [3.63, 3.8) is 0 Å². The lowest BCUT2D eigenvalue weighted by molar-refractivity contribution is 0.0251. The van der Waals surface area contributed by atoms with E-state index in [9.17, 15) is 5.11 Å². The quantitative estimate of drug-likeness (QED) is 0.441. The average molecular weight is 424 g/mol. The minimum absolute atomic E-state index is 0.225. The highest BCUT2D eigenvalue weighted by Gasteiger charge is 2.29. The monoisotopic (exact) mass is 423 g/mol. The number of benzene rings is 1. The van der Waals surface area contributed by atoms with E-state index in [-0.39, 0.29) is 13.2 Å². The minimum Gasteiger partial charge on any atom is -0.389 e. The highest BCUT2D eigenvalue weighted by Crippen LogP contribution is 2.35. The van der Waals surface area contributed by atoms with Crippen LogP contribution in [0.3, 0.4) is 0 Å². The maximum atomic E-state index is 10.5. The number of rotatable bonds is 11. The predicted molar refractivity (Wildman–Crippen MR) is 122 cm³/mol. The lowest BCUT2D eigenvalue weighted by atomic mass is 10.1. The first-order chi connectivity index (χ1) is 15.2. The van der Waals surface area contributed by atoms with Gasteiger partial charge in [0.15, 0.2) is 0 Å². The molecule has 1 saturated carbocycles. The molecule has 2 heterocycles. The number of aromatic nitrogens is 1. The largest absolute Gasteiger partial charge is 0.389 e. The van der Waals surface area contributed by atoms with E-state index in [0.29, 0.717) is 19.0 Å². The summed E-state index contributed by atoms with van der Waals surface area (Å²) < 4.78 is 11.3. The van der Waals surface area contributed by atoms with Gasteiger partial charge in [0, 0.05) is 38.3 Å². The summed E-state index contributed by atoms with van der Waals surface area (Å²) >= 11 is 0. The van der Waals surface area contributed by atoms with Gasteiger partial charge in [0.1, 0.15) is 12.3 Å². The molecule has 1 saturated heterocycles. The van der Waals surface area contributed by atoms with E-state index in [1.807, 2.05) is 18.2 Å². The Morgan fingerprint density at radius 2 is 2.00 bits per heavy atom. The third-order valence-electron chi connectivity index (χ3n) is 6.02. The van der Waals surface area contributed by atoms with Crippen LogP contribution in [0.5, 0.6) is 0 Å². The molecule has 2 aromatic rings. The van der Waals surface area contributed by atoms with Gasteiger partial charge < -0.3 is 19.3 Å². The van der Waals surface area contributed by atoms with Crippen molar-refractivity contribution in [3.8, 4) is 23.6 Å². The maximum absolute atomic E-state index is 10.5. The van der Waals surface area contributed by atoms with E-state index < -0.39 is 6.10 Å². The molecule has 31 heavy (non-hydrogen) atoms. The van der Waals surface area contributed by atoms with Crippen molar-refractivity contribution < 1.29 is 14.4 Å². The number of hydrogen-bond acceptors (Lipinski definition) is 6. The molecule has 1 N–H and O–H groups in total. The van der Waals surface area contributed by atoms with Crippen molar-refractivity contribution in [1.29, 1.82) is 0 Å². The van der Waals surface area contributed by atoms with Gasteiger partial charge in [-0.05, 0) is 38.0 Å². The molecule has 1 atom stereocenters. The minimum atomic E-state index is -0.578. The van der Waals surface area contributed by atoms with E-state index in [0.717, 1.165) is 42.3 Å². The van der Waals surface area contributed by atoms with Gasteiger partial charge in [-0.25, -0.2) is 0 Å². The zero-order valence-electron chi connectivity index (χ0n) is 18.2. The molecule has 166 valence electrons. The number of aliphatic hydroxyl groups is 1. The van der Waals surface area contributed by atoms with Gasteiger partial charge in [-0.3, -0.25) is 4.90 Å². The summed E-state index contributed by atoms with van der Waals surface area (Å²) in [6.07, 6.45) is 10.8. The highest BCUT2D eigenvalue weighted by molar-refractivity contribution is 5.68. The van der Waals surface area contributed by atoms with Gasteiger partial charge in [0.2, 0.25) is 5.88 Å². The van der Waals surface area contributed by atoms with Crippen LogP contribution in [0.1, 0.15) is 37.7 Å². The first-order valence-corrected chi connectivity index (χ1v) is 11.4. The first kappa shape index (κ1) is 21.9. The normalized spacial score (nSPS) is 17.6. The Morgan fingerprint density at radius 1 is 1.23 bits per heavy atom. The van der Waals surface area contributed by atoms with Crippen molar-refractivity contribution in [1.82, 2.24) is 10.1 Å².